The molecule has 0 atom stereocenters. The average Bonchev–Trinajstić information content (AvgIpc) is 2.66. The van der Waals surface area contributed by atoms with E-state index >= 15 is 0 Å². The number of nitrogens with zero attached hydrogens (tertiary/aromatic N) is 3. The smallest absolute Gasteiger partial charge is 0.213 e. The predicted molar refractivity (Wildman–Crippen MR) is 123 cm³/mol. The van der Waals surface area contributed by atoms with Crippen molar-refractivity contribution in [3.63, 3.8) is 0 Å². The van der Waals surface area contributed by atoms with E-state index in [0.717, 1.165) is 37.5 Å². The van der Waals surface area contributed by atoms with Crippen LogP contribution in [0.15, 0.2) is 36.0 Å². The van der Waals surface area contributed by atoms with Gasteiger partial charge in [-0.2, -0.15) is 0 Å². The molecule has 0 spiro atoms. The zero-order valence-corrected chi connectivity index (χ0v) is 19.3. The maximum Gasteiger partial charge on any atom is 0.213 e. The molecule has 1 aromatic rings. The van der Waals surface area contributed by atoms with Crippen molar-refractivity contribution >= 4 is 29.9 Å². The first-order chi connectivity index (χ1) is 12.7. The topological polar surface area (TPSA) is 59.0 Å². The Hall–Kier alpha value is -1.35. The average molecular weight is 490 g/mol. The van der Waals surface area contributed by atoms with Gasteiger partial charge in [0.25, 0.3) is 0 Å². The Balaban J connectivity index is 0.00000676. The van der Waals surface area contributed by atoms with Gasteiger partial charge in [-0.1, -0.05) is 18.6 Å². The molecule has 0 aliphatic rings. The summed E-state index contributed by atoms with van der Waals surface area (Å²) in [6.45, 7) is 9.34. The highest BCUT2D eigenvalue weighted by Gasteiger charge is 2.05. The molecule has 1 aromatic heterocycles. The maximum atomic E-state index is 5.48. The number of hydrogen-bond acceptors (Lipinski definition) is 4. The Morgan fingerprint density at radius 2 is 2.11 bits per heavy atom. The number of aromatic nitrogens is 1. The van der Waals surface area contributed by atoms with E-state index < -0.39 is 0 Å². The number of guanidine groups is 1. The fraction of sp³-hybridized carbons (Fsp3) is 0.600. The molecular weight excluding hydrogens is 455 g/mol. The van der Waals surface area contributed by atoms with E-state index in [4.69, 9.17) is 14.5 Å². The normalized spacial score (nSPS) is 10.9. The van der Waals surface area contributed by atoms with Crippen LogP contribution in [-0.4, -0.2) is 56.3 Å². The highest BCUT2D eigenvalue weighted by Crippen LogP contribution is 2.09. The van der Waals surface area contributed by atoms with Crippen molar-refractivity contribution in [2.45, 2.75) is 39.2 Å². The number of nitrogens with one attached hydrogen (secondary N) is 1. The number of unbranched alkanes of at least 4 members (excludes halogenated alkanes) is 3. The zero-order valence-electron chi connectivity index (χ0n) is 16.9. The van der Waals surface area contributed by atoms with E-state index in [1.807, 2.05) is 24.4 Å². The summed E-state index contributed by atoms with van der Waals surface area (Å²) in [5.74, 6) is 1.54. The molecule has 154 valence electrons. The quantitative estimate of drug-likeness (QED) is 0.150. The van der Waals surface area contributed by atoms with Crippen LogP contribution in [0.1, 0.15) is 38.2 Å². The number of rotatable bonds is 13. The predicted octanol–water partition coefficient (Wildman–Crippen LogP) is 3.87. The van der Waals surface area contributed by atoms with E-state index in [-0.39, 0.29) is 24.0 Å². The highest BCUT2D eigenvalue weighted by atomic mass is 127. The molecule has 0 aliphatic heterocycles. The van der Waals surface area contributed by atoms with E-state index in [1.165, 1.54) is 12.8 Å². The second-order valence-corrected chi connectivity index (χ2v) is 6.08. The summed E-state index contributed by atoms with van der Waals surface area (Å²) in [7, 11) is 3.73. The summed E-state index contributed by atoms with van der Waals surface area (Å²) >= 11 is 0. The molecule has 0 unspecified atom stereocenters. The van der Waals surface area contributed by atoms with Crippen molar-refractivity contribution in [3.8, 4) is 5.88 Å². The Morgan fingerprint density at radius 1 is 1.30 bits per heavy atom. The molecule has 0 aliphatic carbocycles. The number of pyridine rings is 1. The van der Waals surface area contributed by atoms with Crippen LogP contribution in [0.2, 0.25) is 0 Å². The molecule has 0 saturated carbocycles. The monoisotopic (exact) mass is 490 g/mol. The van der Waals surface area contributed by atoms with E-state index in [1.54, 1.807) is 7.11 Å². The molecule has 1 heterocycles. The maximum absolute atomic E-state index is 5.48. The van der Waals surface area contributed by atoms with Crippen molar-refractivity contribution in [2.24, 2.45) is 4.99 Å². The molecule has 27 heavy (non-hydrogen) atoms. The molecule has 1 N–H and O–H groups in total. The van der Waals surface area contributed by atoms with Crippen LogP contribution in [-0.2, 0) is 11.3 Å². The van der Waals surface area contributed by atoms with E-state index in [2.05, 4.69) is 35.8 Å². The zero-order chi connectivity index (χ0) is 19.0. The van der Waals surface area contributed by atoms with Gasteiger partial charge in [-0.25, -0.2) is 9.98 Å². The van der Waals surface area contributed by atoms with Crippen LogP contribution < -0.4 is 10.1 Å². The Morgan fingerprint density at radius 3 is 2.74 bits per heavy atom. The number of halogens is 1. The Labute approximate surface area is 181 Å². The van der Waals surface area contributed by atoms with Gasteiger partial charge in [0.1, 0.15) is 6.61 Å². The summed E-state index contributed by atoms with van der Waals surface area (Å²) in [6, 6.07) is 3.87. The van der Waals surface area contributed by atoms with Crippen LogP contribution in [0.25, 0.3) is 0 Å². The summed E-state index contributed by atoms with van der Waals surface area (Å²) in [5, 5.41) is 3.35. The van der Waals surface area contributed by atoms with Crippen LogP contribution in [0, 0.1) is 0 Å². The van der Waals surface area contributed by atoms with Gasteiger partial charge in [0.15, 0.2) is 5.96 Å². The van der Waals surface area contributed by atoms with Gasteiger partial charge in [-0.05, 0) is 31.7 Å². The lowest BCUT2D eigenvalue weighted by molar-refractivity contribution is 0.143. The van der Waals surface area contributed by atoms with Gasteiger partial charge >= 0.3 is 0 Å². The van der Waals surface area contributed by atoms with Crippen LogP contribution in [0.4, 0.5) is 0 Å². The van der Waals surface area contributed by atoms with Gasteiger partial charge < -0.3 is 19.7 Å². The molecule has 0 fully saturated rings. The summed E-state index contributed by atoms with van der Waals surface area (Å²) in [5.41, 5.74) is 1.05. The standard InChI is InChI=1S/C20H34N4O2.HI/c1-5-7-8-9-10-13-24(3)20(21-6-2)23-17-18-11-12-19(22-16-18)26-15-14-25-4;/h5,11-12,16H,1,6-10,13-15,17H2,2-4H3,(H,21,23);1H. The second kappa shape index (κ2) is 16.8. The lowest BCUT2D eigenvalue weighted by atomic mass is 10.2. The minimum Gasteiger partial charge on any atom is -0.475 e. The van der Waals surface area contributed by atoms with E-state index in [9.17, 15) is 0 Å². The number of allylic oxidation sites excluding steroid dienone is 1. The Kier molecular flexibility index (Phi) is 16.0. The lowest BCUT2D eigenvalue weighted by Crippen LogP contribution is -2.39. The minimum atomic E-state index is 0. The first-order valence-corrected chi connectivity index (χ1v) is 9.38. The fourth-order valence-corrected chi connectivity index (χ4v) is 2.38. The lowest BCUT2D eigenvalue weighted by Gasteiger charge is -2.22. The molecule has 6 nitrogen and oxygen atoms in total. The first-order valence-electron chi connectivity index (χ1n) is 9.38. The third kappa shape index (κ3) is 11.9. The van der Waals surface area contributed by atoms with Gasteiger partial charge in [0.2, 0.25) is 5.88 Å². The summed E-state index contributed by atoms with van der Waals surface area (Å²) in [6.07, 6.45) is 8.46. The molecule has 0 radical (unpaired) electrons. The van der Waals surface area contributed by atoms with Gasteiger partial charge in [0.05, 0.1) is 13.2 Å². The molecule has 1 rings (SSSR count). The van der Waals surface area contributed by atoms with Crippen molar-refractivity contribution in [1.82, 2.24) is 15.2 Å². The van der Waals surface area contributed by atoms with E-state index in [0.29, 0.717) is 25.6 Å². The highest BCUT2D eigenvalue weighted by molar-refractivity contribution is 14.0. The summed E-state index contributed by atoms with van der Waals surface area (Å²) in [4.78, 5) is 11.2. The van der Waals surface area contributed by atoms with Crippen molar-refractivity contribution in [3.05, 3.63) is 36.5 Å². The molecule has 7 heteroatoms. The molecule has 0 aromatic carbocycles. The van der Waals surface area contributed by atoms with Crippen LogP contribution >= 0.6 is 24.0 Å². The Bertz CT molecular complexity index is 523. The van der Waals surface area contributed by atoms with Gasteiger partial charge in [-0.3, -0.25) is 0 Å². The number of aliphatic imine (C=N–C) groups is 1. The summed E-state index contributed by atoms with van der Waals surface area (Å²) < 4.78 is 10.4. The third-order valence-corrected chi connectivity index (χ3v) is 3.84. The molecular formula is C20H35IN4O2. The second-order valence-electron chi connectivity index (χ2n) is 6.08. The van der Waals surface area contributed by atoms with Crippen LogP contribution in [0.3, 0.4) is 0 Å². The van der Waals surface area contributed by atoms with Crippen LogP contribution in [0.5, 0.6) is 5.88 Å². The fourth-order valence-electron chi connectivity index (χ4n) is 2.38. The molecule has 0 saturated heterocycles. The minimum absolute atomic E-state index is 0. The number of ether oxygens (including phenoxy) is 2. The first kappa shape index (κ1) is 25.6. The number of hydrogen-bond donors (Lipinski definition) is 1. The van der Waals surface area contributed by atoms with Crippen molar-refractivity contribution in [1.29, 1.82) is 0 Å². The van der Waals surface area contributed by atoms with Gasteiger partial charge in [0, 0.05) is 39.5 Å². The third-order valence-electron chi connectivity index (χ3n) is 3.84. The SMILES string of the molecule is C=CCCCCCN(C)C(=NCc1ccc(OCCOC)nc1)NCC.I. The van der Waals surface area contributed by atoms with Crippen molar-refractivity contribution < 1.29 is 9.47 Å². The van der Waals surface area contributed by atoms with Gasteiger partial charge in [-0.15, -0.1) is 30.6 Å². The molecule has 0 bridgehead atoms. The molecule has 0 amide bonds. The van der Waals surface area contributed by atoms with Crippen molar-refractivity contribution in [2.75, 3.05) is 40.5 Å². The number of methoxy groups -OCH3 is 1. The largest absolute Gasteiger partial charge is 0.475 e.